The smallest absolute Gasteiger partial charge is 0.0726 e. The van der Waals surface area contributed by atoms with Crippen LogP contribution in [0.1, 0.15) is 0 Å². The summed E-state index contributed by atoms with van der Waals surface area (Å²) >= 11 is 1.91. The molecule has 0 bridgehead atoms. The second-order valence-electron chi connectivity index (χ2n) is 12.1. The average molecular weight is 617 g/mol. The van der Waals surface area contributed by atoms with Crippen molar-refractivity contribution >= 4 is 91.9 Å². The lowest BCUT2D eigenvalue weighted by Gasteiger charge is -2.25. The first-order chi connectivity index (χ1) is 23.3. The zero-order valence-corrected chi connectivity index (χ0v) is 26.3. The molecule has 2 nitrogen and oxygen atoms in total. The predicted octanol–water partition coefficient (Wildman–Crippen LogP) is 12.9. The fourth-order valence-corrected chi connectivity index (χ4v) is 8.75. The van der Waals surface area contributed by atoms with Gasteiger partial charge in [0, 0.05) is 49.0 Å². The van der Waals surface area contributed by atoms with Crippen molar-refractivity contribution in [2.45, 2.75) is 0 Å². The summed E-state index contributed by atoms with van der Waals surface area (Å²) in [6.45, 7) is 0. The maximum atomic E-state index is 2.51. The fourth-order valence-electron chi connectivity index (χ4n) is 7.49. The number of fused-ring (bicyclic) bond motifs is 11. The van der Waals surface area contributed by atoms with Crippen LogP contribution in [0.2, 0.25) is 0 Å². The van der Waals surface area contributed by atoms with Crippen LogP contribution in [0.15, 0.2) is 170 Å². The first-order valence-electron chi connectivity index (χ1n) is 16.0. The van der Waals surface area contributed by atoms with Crippen LogP contribution in [0, 0.1) is 0 Å². The highest BCUT2D eigenvalue weighted by Gasteiger charge is 2.23. The Morgan fingerprint density at radius 1 is 0.426 bits per heavy atom. The molecule has 0 saturated heterocycles. The fraction of sp³-hybridized carbons (Fsp3) is 0. The third kappa shape index (κ3) is 3.97. The van der Waals surface area contributed by atoms with E-state index in [1.807, 2.05) is 11.3 Å². The average Bonchev–Trinajstić information content (AvgIpc) is 3.69. The molecule has 0 amide bonds. The highest BCUT2D eigenvalue weighted by molar-refractivity contribution is 7.27. The number of nitrogens with zero attached hydrogens (tertiary/aromatic N) is 2. The molecule has 47 heavy (non-hydrogen) atoms. The second kappa shape index (κ2) is 10.3. The normalized spacial score (nSPS) is 11.8. The molecule has 3 heteroatoms. The summed E-state index contributed by atoms with van der Waals surface area (Å²) in [6, 6.07) is 61.7. The zero-order valence-electron chi connectivity index (χ0n) is 25.5. The standard InChI is InChI=1S/C44H28N2S/c1-3-15-31(16-4-1)45(32-17-5-2-6-18-32)34-25-26-39-38(28-34)41-35-19-9-10-20-36(35)42-37-21-11-12-22-40(37)47-44(42)43(41)46(39)33-24-23-29-13-7-8-14-30(29)27-33/h1-28H. The maximum Gasteiger partial charge on any atom is 0.0726 e. The van der Waals surface area contributed by atoms with E-state index in [0.717, 1.165) is 17.1 Å². The van der Waals surface area contributed by atoms with Crippen molar-refractivity contribution in [2.24, 2.45) is 0 Å². The van der Waals surface area contributed by atoms with E-state index >= 15 is 0 Å². The van der Waals surface area contributed by atoms with E-state index in [-0.39, 0.29) is 0 Å². The monoisotopic (exact) mass is 616 g/mol. The van der Waals surface area contributed by atoms with Crippen LogP contribution >= 0.6 is 11.3 Å². The molecular weight excluding hydrogens is 589 g/mol. The van der Waals surface area contributed by atoms with Gasteiger partial charge in [-0.3, -0.25) is 0 Å². The van der Waals surface area contributed by atoms with Crippen LogP contribution in [0.3, 0.4) is 0 Å². The molecule has 2 aromatic heterocycles. The highest BCUT2D eigenvalue weighted by Crippen LogP contribution is 2.49. The van der Waals surface area contributed by atoms with Gasteiger partial charge in [-0.1, -0.05) is 109 Å². The van der Waals surface area contributed by atoms with Gasteiger partial charge in [0.25, 0.3) is 0 Å². The van der Waals surface area contributed by atoms with E-state index in [0.29, 0.717) is 0 Å². The van der Waals surface area contributed by atoms with Crippen LogP contribution in [0.5, 0.6) is 0 Å². The van der Waals surface area contributed by atoms with Gasteiger partial charge >= 0.3 is 0 Å². The summed E-state index contributed by atoms with van der Waals surface area (Å²) in [7, 11) is 0. The molecule has 0 aliphatic rings. The topological polar surface area (TPSA) is 8.17 Å². The van der Waals surface area contributed by atoms with E-state index in [2.05, 4.69) is 179 Å². The minimum atomic E-state index is 1.13. The molecule has 2 heterocycles. The number of benzene rings is 8. The molecule has 0 spiro atoms. The summed E-state index contributed by atoms with van der Waals surface area (Å²) in [5, 5.41) is 10.3. The molecule has 10 rings (SSSR count). The van der Waals surface area contributed by atoms with Crippen LogP contribution in [-0.4, -0.2) is 4.57 Å². The van der Waals surface area contributed by atoms with Gasteiger partial charge in [-0.2, -0.15) is 0 Å². The van der Waals surface area contributed by atoms with Gasteiger partial charge < -0.3 is 9.47 Å². The summed E-state index contributed by atoms with van der Waals surface area (Å²) in [6.07, 6.45) is 0. The Bertz CT molecular complexity index is 2750. The summed E-state index contributed by atoms with van der Waals surface area (Å²) in [4.78, 5) is 2.36. The molecule has 0 N–H and O–H groups in total. The quantitative estimate of drug-likeness (QED) is 0.191. The molecule has 0 radical (unpaired) electrons. The number of hydrogen-bond acceptors (Lipinski definition) is 2. The molecule has 0 unspecified atom stereocenters. The van der Waals surface area contributed by atoms with Crippen LogP contribution in [-0.2, 0) is 0 Å². The van der Waals surface area contributed by atoms with Crippen molar-refractivity contribution in [2.75, 3.05) is 4.90 Å². The van der Waals surface area contributed by atoms with Gasteiger partial charge in [0.1, 0.15) is 0 Å². The highest BCUT2D eigenvalue weighted by atomic mass is 32.1. The summed E-state index contributed by atoms with van der Waals surface area (Å²) in [5.41, 5.74) is 7.05. The molecule has 10 aromatic rings. The first kappa shape index (κ1) is 26.3. The Kier molecular flexibility index (Phi) is 5.78. The molecule has 0 atom stereocenters. The Morgan fingerprint density at radius 2 is 1.04 bits per heavy atom. The summed E-state index contributed by atoms with van der Waals surface area (Å²) < 4.78 is 5.16. The SMILES string of the molecule is c1ccc(N(c2ccccc2)c2ccc3c(c2)c2c4ccccc4c4c5ccccc5sc4c2n3-c2ccc3ccccc3c2)cc1. The first-order valence-corrected chi connectivity index (χ1v) is 16.8. The Labute approximate surface area is 276 Å². The molecule has 0 fully saturated rings. The van der Waals surface area contributed by atoms with Crippen molar-refractivity contribution in [1.29, 1.82) is 0 Å². The van der Waals surface area contributed by atoms with Gasteiger partial charge in [0.05, 0.1) is 15.7 Å². The number of rotatable bonds is 4. The summed E-state index contributed by atoms with van der Waals surface area (Å²) in [5.74, 6) is 0. The Balaban J connectivity index is 1.39. The van der Waals surface area contributed by atoms with Gasteiger partial charge in [-0.15, -0.1) is 11.3 Å². The van der Waals surface area contributed by atoms with E-state index in [4.69, 9.17) is 0 Å². The van der Waals surface area contributed by atoms with Crippen molar-refractivity contribution in [3.8, 4) is 5.69 Å². The maximum absolute atomic E-state index is 2.51. The lowest BCUT2D eigenvalue weighted by Crippen LogP contribution is -2.09. The minimum absolute atomic E-state index is 1.13. The Hall–Kier alpha value is -5.90. The third-order valence-electron chi connectivity index (χ3n) is 9.51. The van der Waals surface area contributed by atoms with E-state index < -0.39 is 0 Å². The van der Waals surface area contributed by atoms with Gasteiger partial charge in [-0.25, -0.2) is 0 Å². The van der Waals surface area contributed by atoms with Crippen molar-refractivity contribution in [3.05, 3.63) is 170 Å². The second-order valence-corrected chi connectivity index (χ2v) is 13.2. The molecule has 0 aliphatic carbocycles. The van der Waals surface area contributed by atoms with Gasteiger partial charge in [0.2, 0.25) is 0 Å². The largest absolute Gasteiger partial charge is 0.310 e. The number of thiophene rings is 1. The van der Waals surface area contributed by atoms with Crippen LogP contribution in [0.25, 0.3) is 69.2 Å². The minimum Gasteiger partial charge on any atom is -0.310 e. The van der Waals surface area contributed by atoms with Crippen molar-refractivity contribution < 1.29 is 0 Å². The number of aromatic nitrogens is 1. The molecule has 220 valence electrons. The van der Waals surface area contributed by atoms with E-state index in [1.165, 1.54) is 69.2 Å². The molecule has 8 aromatic carbocycles. The third-order valence-corrected chi connectivity index (χ3v) is 10.7. The van der Waals surface area contributed by atoms with Crippen molar-refractivity contribution in [1.82, 2.24) is 4.57 Å². The van der Waals surface area contributed by atoms with Crippen LogP contribution < -0.4 is 4.90 Å². The number of hydrogen-bond donors (Lipinski definition) is 0. The number of para-hydroxylation sites is 2. The predicted molar refractivity (Wildman–Crippen MR) is 203 cm³/mol. The molecule has 0 saturated carbocycles. The van der Waals surface area contributed by atoms with Gasteiger partial charge in [-0.05, 0) is 82.2 Å². The van der Waals surface area contributed by atoms with Crippen LogP contribution in [0.4, 0.5) is 17.1 Å². The van der Waals surface area contributed by atoms with E-state index in [1.54, 1.807) is 0 Å². The lowest BCUT2D eigenvalue weighted by molar-refractivity contribution is 1.19. The zero-order chi connectivity index (χ0) is 30.9. The lowest BCUT2D eigenvalue weighted by atomic mass is 9.98. The van der Waals surface area contributed by atoms with Crippen molar-refractivity contribution in [3.63, 3.8) is 0 Å². The van der Waals surface area contributed by atoms with Gasteiger partial charge in [0.15, 0.2) is 0 Å². The van der Waals surface area contributed by atoms with E-state index in [9.17, 15) is 0 Å². The molecule has 0 aliphatic heterocycles. The number of anilines is 3. The Morgan fingerprint density at radius 3 is 1.79 bits per heavy atom. The molecular formula is C44H28N2S.